The maximum absolute atomic E-state index is 2.54. The van der Waals surface area contributed by atoms with Crippen molar-refractivity contribution in [3.63, 3.8) is 0 Å². The average molecular weight is 789 g/mol. The fraction of sp³-hybridized carbons (Fsp3) is 0.421. The Balaban J connectivity index is 1.67. The highest BCUT2D eigenvalue weighted by atomic mass is 127. The summed E-state index contributed by atoms with van der Waals surface area (Å²) in [7, 11) is 0. The Labute approximate surface area is 284 Å². The van der Waals surface area contributed by atoms with Crippen molar-refractivity contribution in [2.45, 2.75) is 79.1 Å². The van der Waals surface area contributed by atoms with Gasteiger partial charge in [0.25, 0.3) is 0 Å². The lowest BCUT2D eigenvalue weighted by molar-refractivity contribution is 0.678. The van der Waals surface area contributed by atoms with E-state index < -0.39 is 0 Å². The number of rotatable bonds is 18. The van der Waals surface area contributed by atoms with Crippen LogP contribution in [-0.2, 0) is 0 Å². The van der Waals surface area contributed by atoms with Gasteiger partial charge in [-0.2, -0.15) is 0 Å². The van der Waals surface area contributed by atoms with Gasteiger partial charge in [0.1, 0.15) is 0 Å². The van der Waals surface area contributed by atoms with Crippen LogP contribution < -0.4 is 9.80 Å². The number of hydrogen-bond acceptors (Lipinski definition) is 2. The molecule has 0 aliphatic rings. The molecule has 0 aliphatic heterocycles. The third-order valence-electron chi connectivity index (χ3n) is 7.67. The molecule has 0 N–H and O–H groups in total. The molecule has 4 heteroatoms. The maximum atomic E-state index is 2.54. The molecule has 0 bridgehead atoms. The summed E-state index contributed by atoms with van der Waals surface area (Å²) < 4.78 is 2.53. The van der Waals surface area contributed by atoms with Crippen LogP contribution in [0.4, 0.5) is 11.4 Å². The van der Waals surface area contributed by atoms with Gasteiger partial charge in [-0.25, -0.2) is 0 Å². The number of hydrogen-bond donors (Lipinski definition) is 0. The van der Waals surface area contributed by atoms with Crippen LogP contribution in [0.25, 0.3) is 24.3 Å². The molecule has 0 saturated heterocycles. The van der Waals surface area contributed by atoms with Crippen molar-refractivity contribution in [3.05, 3.63) is 90.1 Å². The molecule has 0 spiro atoms. The van der Waals surface area contributed by atoms with Crippen LogP contribution in [0.15, 0.2) is 60.7 Å². The van der Waals surface area contributed by atoms with Gasteiger partial charge in [-0.15, -0.1) is 0 Å². The van der Waals surface area contributed by atoms with Crippen LogP contribution in [0.3, 0.4) is 0 Å². The average Bonchev–Trinajstić information content (AvgIpc) is 3.01. The van der Waals surface area contributed by atoms with Crippen LogP contribution >= 0.6 is 45.2 Å². The summed E-state index contributed by atoms with van der Waals surface area (Å²) in [5.74, 6) is 0. The van der Waals surface area contributed by atoms with E-state index in [9.17, 15) is 0 Å². The Bertz CT molecular complexity index is 1130. The van der Waals surface area contributed by atoms with Crippen molar-refractivity contribution in [1.29, 1.82) is 0 Å². The topological polar surface area (TPSA) is 6.48 Å². The van der Waals surface area contributed by atoms with Crippen LogP contribution in [0.2, 0.25) is 0 Å². The first kappa shape index (κ1) is 34.7. The molecule has 3 aromatic carbocycles. The zero-order valence-corrected chi connectivity index (χ0v) is 30.5. The highest BCUT2D eigenvalue weighted by Gasteiger charge is 2.07. The molecule has 0 atom stereocenters. The summed E-state index contributed by atoms with van der Waals surface area (Å²) in [4.78, 5) is 5.09. The van der Waals surface area contributed by atoms with Gasteiger partial charge in [0, 0.05) is 44.7 Å². The molecule has 0 radical (unpaired) electrons. The molecule has 0 aliphatic carbocycles. The van der Waals surface area contributed by atoms with Gasteiger partial charge in [0.05, 0.1) is 0 Å². The van der Waals surface area contributed by atoms with E-state index in [1.165, 1.54) is 92.1 Å². The standard InChI is InChI=1S/C38H50I2N2/c1-5-9-25-41(26-10-6-2)35-21-15-31(16-22-35)13-19-33-29-38(40)34(30-37(33)39)20-14-32-17-23-36(24-18-32)42(27-11-7-3)28-12-8-4/h13-24,29-30H,5-12,25-28H2,1-4H3/b19-13+,20-14+. The molecule has 0 amide bonds. The Kier molecular flexibility index (Phi) is 16.1. The van der Waals surface area contributed by atoms with E-state index >= 15 is 0 Å². The van der Waals surface area contributed by atoms with Gasteiger partial charge in [0.2, 0.25) is 0 Å². The Morgan fingerprint density at radius 1 is 0.476 bits per heavy atom. The normalized spacial score (nSPS) is 11.6. The molecule has 0 saturated carbocycles. The van der Waals surface area contributed by atoms with Crippen molar-refractivity contribution in [1.82, 2.24) is 0 Å². The first-order chi connectivity index (χ1) is 20.5. The van der Waals surface area contributed by atoms with E-state index in [1.54, 1.807) is 0 Å². The predicted molar refractivity (Wildman–Crippen MR) is 207 cm³/mol. The number of benzene rings is 3. The van der Waals surface area contributed by atoms with E-state index in [0.717, 1.165) is 26.2 Å². The summed E-state index contributed by atoms with van der Waals surface area (Å²) in [5, 5.41) is 0. The summed E-state index contributed by atoms with van der Waals surface area (Å²) in [5.41, 5.74) is 7.69. The van der Waals surface area contributed by atoms with Crippen molar-refractivity contribution in [2.24, 2.45) is 0 Å². The minimum absolute atomic E-state index is 1.14. The van der Waals surface area contributed by atoms with E-state index in [0.29, 0.717) is 0 Å². The third-order valence-corrected chi connectivity index (χ3v) is 9.54. The molecule has 0 heterocycles. The number of unbranched alkanes of at least 4 members (excludes halogenated alkanes) is 4. The Hall–Kier alpha value is -1.80. The highest BCUT2D eigenvalue weighted by Crippen LogP contribution is 2.26. The summed E-state index contributed by atoms with van der Waals surface area (Å²) in [6, 6.07) is 22.8. The molecule has 226 valence electrons. The number of halogens is 2. The molecule has 0 aromatic heterocycles. The lowest BCUT2D eigenvalue weighted by Crippen LogP contribution is -2.25. The summed E-state index contributed by atoms with van der Waals surface area (Å²) in [6.45, 7) is 13.7. The van der Waals surface area contributed by atoms with E-state index in [4.69, 9.17) is 0 Å². The monoisotopic (exact) mass is 788 g/mol. The minimum atomic E-state index is 1.14. The van der Waals surface area contributed by atoms with Crippen molar-refractivity contribution >= 4 is 80.9 Å². The Morgan fingerprint density at radius 3 is 1.07 bits per heavy atom. The highest BCUT2D eigenvalue weighted by molar-refractivity contribution is 14.1. The van der Waals surface area contributed by atoms with Gasteiger partial charge >= 0.3 is 0 Å². The van der Waals surface area contributed by atoms with Gasteiger partial charge in [-0.1, -0.05) is 102 Å². The number of anilines is 2. The smallest absolute Gasteiger partial charge is 0.0366 e. The van der Waals surface area contributed by atoms with Crippen LogP contribution in [0.5, 0.6) is 0 Å². The summed E-state index contributed by atoms with van der Waals surface area (Å²) >= 11 is 4.94. The van der Waals surface area contributed by atoms with Gasteiger partial charge in [-0.3, -0.25) is 0 Å². The van der Waals surface area contributed by atoms with Crippen LogP contribution in [0.1, 0.15) is 101 Å². The fourth-order valence-corrected chi connectivity index (χ4v) is 6.28. The van der Waals surface area contributed by atoms with E-state index in [-0.39, 0.29) is 0 Å². The van der Waals surface area contributed by atoms with Crippen LogP contribution in [0, 0.1) is 7.14 Å². The largest absolute Gasteiger partial charge is 0.372 e. The first-order valence-electron chi connectivity index (χ1n) is 16.0. The lowest BCUT2D eigenvalue weighted by Gasteiger charge is -2.24. The zero-order chi connectivity index (χ0) is 30.2. The maximum Gasteiger partial charge on any atom is 0.0366 e. The fourth-order valence-electron chi connectivity index (χ4n) is 4.93. The second-order valence-corrected chi connectivity index (χ2v) is 13.5. The molecule has 0 fully saturated rings. The second kappa shape index (κ2) is 19.5. The van der Waals surface area contributed by atoms with Gasteiger partial charge in [-0.05, 0) is 130 Å². The van der Waals surface area contributed by atoms with E-state index in [2.05, 4.69) is 168 Å². The molecule has 3 aromatic rings. The second-order valence-electron chi connectivity index (χ2n) is 11.1. The van der Waals surface area contributed by atoms with Gasteiger partial charge in [0.15, 0.2) is 0 Å². The lowest BCUT2D eigenvalue weighted by atomic mass is 10.1. The molecule has 0 unspecified atom stereocenters. The Morgan fingerprint density at radius 2 is 0.786 bits per heavy atom. The molecular weight excluding hydrogens is 738 g/mol. The number of nitrogens with zero attached hydrogens (tertiary/aromatic N) is 2. The van der Waals surface area contributed by atoms with Crippen molar-refractivity contribution in [3.8, 4) is 0 Å². The van der Waals surface area contributed by atoms with E-state index in [1.807, 2.05) is 0 Å². The minimum Gasteiger partial charge on any atom is -0.372 e. The van der Waals surface area contributed by atoms with Crippen molar-refractivity contribution < 1.29 is 0 Å². The molecule has 3 rings (SSSR count). The molecular formula is C38H50I2N2. The van der Waals surface area contributed by atoms with Crippen molar-refractivity contribution in [2.75, 3.05) is 36.0 Å². The zero-order valence-electron chi connectivity index (χ0n) is 26.2. The third kappa shape index (κ3) is 11.4. The van der Waals surface area contributed by atoms with Crippen LogP contribution in [-0.4, -0.2) is 26.2 Å². The SMILES string of the molecule is CCCCN(CCCC)c1ccc(/C=C/c2cc(I)c(/C=C/c3ccc(N(CCCC)CCCC)cc3)cc2I)cc1. The summed E-state index contributed by atoms with van der Waals surface area (Å²) in [6.07, 6.45) is 18.9. The van der Waals surface area contributed by atoms with Gasteiger partial charge < -0.3 is 9.80 Å². The first-order valence-corrected chi connectivity index (χ1v) is 18.2. The molecule has 42 heavy (non-hydrogen) atoms. The predicted octanol–water partition coefficient (Wildman–Crippen LogP) is 12.0. The quantitative estimate of drug-likeness (QED) is 0.0936. The molecule has 2 nitrogen and oxygen atoms in total.